The monoisotopic (exact) mass is 404 g/mol. The van der Waals surface area contributed by atoms with Crippen LogP contribution in [-0.4, -0.2) is 44.2 Å². The first kappa shape index (κ1) is 20.9. The quantitative estimate of drug-likeness (QED) is 0.683. The zero-order valence-corrected chi connectivity index (χ0v) is 15.5. The zero-order chi connectivity index (χ0) is 20.2. The van der Waals surface area contributed by atoms with Gasteiger partial charge in [0.15, 0.2) is 0 Å². The second-order valence-electron chi connectivity index (χ2n) is 5.53. The van der Waals surface area contributed by atoms with Crippen LogP contribution < -0.4 is 11.1 Å². The number of halogens is 3. The van der Waals surface area contributed by atoms with E-state index in [4.69, 9.17) is 10.5 Å². The molecule has 7 nitrogen and oxygen atoms in total. The molecule has 0 amide bonds. The van der Waals surface area contributed by atoms with Crippen molar-refractivity contribution < 1.29 is 26.3 Å². The molecule has 0 saturated carbocycles. The van der Waals surface area contributed by atoms with E-state index in [9.17, 15) is 21.6 Å². The van der Waals surface area contributed by atoms with E-state index in [1.165, 1.54) is 19.4 Å². The molecule has 1 aromatic carbocycles. The molecule has 0 radical (unpaired) electrons. The van der Waals surface area contributed by atoms with Gasteiger partial charge in [-0.1, -0.05) is 13.0 Å². The Morgan fingerprint density at radius 2 is 1.96 bits per heavy atom. The second-order valence-corrected chi connectivity index (χ2v) is 7.47. The maximum Gasteiger partial charge on any atom is 0.501 e. The summed E-state index contributed by atoms with van der Waals surface area (Å²) >= 11 is 0. The predicted molar refractivity (Wildman–Crippen MR) is 94.9 cm³/mol. The van der Waals surface area contributed by atoms with Gasteiger partial charge in [0.05, 0.1) is 11.5 Å². The number of benzene rings is 1. The predicted octanol–water partition coefficient (Wildman–Crippen LogP) is 2.64. The number of methoxy groups -OCH3 is 1. The number of ether oxygens (including phenoxy) is 1. The number of hydrogen-bond acceptors (Lipinski definition) is 7. The third-order valence-corrected chi connectivity index (χ3v) is 5.25. The van der Waals surface area contributed by atoms with Gasteiger partial charge in [-0.3, -0.25) is 0 Å². The molecule has 0 atom stereocenters. The standard InChI is InChI=1S/C16H19F3N4O3S/c1-3-10-8-11(27(24,25)16(17,18)19)4-5-12(10)13-9-22-15(20)23-14(13)21-6-7-26-2/h4-5,8-9H,3,6-7H2,1-2H3,(H3,20,21,22,23). The number of nitrogen functional groups attached to an aromatic ring is 1. The Morgan fingerprint density at radius 1 is 1.26 bits per heavy atom. The van der Waals surface area contributed by atoms with Gasteiger partial charge in [-0.25, -0.2) is 13.4 Å². The number of aromatic nitrogens is 2. The average Bonchev–Trinajstić information content (AvgIpc) is 2.60. The van der Waals surface area contributed by atoms with Crippen molar-refractivity contribution >= 4 is 21.6 Å². The minimum atomic E-state index is -5.43. The average molecular weight is 404 g/mol. The van der Waals surface area contributed by atoms with Gasteiger partial charge in [-0.15, -0.1) is 0 Å². The summed E-state index contributed by atoms with van der Waals surface area (Å²) in [6, 6.07) is 3.26. The summed E-state index contributed by atoms with van der Waals surface area (Å²) in [5.74, 6) is 0.397. The van der Waals surface area contributed by atoms with Crippen molar-refractivity contribution in [2.24, 2.45) is 0 Å². The molecule has 11 heteroatoms. The summed E-state index contributed by atoms with van der Waals surface area (Å²) in [6.45, 7) is 2.52. The highest BCUT2D eigenvalue weighted by Gasteiger charge is 2.47. The maximum absolute atomic E-state index is 12.8. The van der Waals surface area contributed by atoms with Crippen molar-refractivity contribution in [3.63, 3.8) is 0 Å². The third-order valence-electron chi connectivity index (χ3n) is 3.77. The van der Waals surface area contributed by atoms with Gasteiger partial charge in [0.1, 0.15) is 5.82 Å². The number of sulfone groups is 1. The molecular weight excluding hydrogens is 385 g/mol. The molecule has 27 heavy (non-hydrogen) atoms. The lowest BCUT2D eigenvalue weighted by Gasteiger charge is -2.15. The van der Waals surface area contributed by atoms with Gasteiger partial charge in [0.2, 0.25) is 5.95 Å². The van der Waals surface area contributed by atoms with Crippen molar-refractivity contribution in [2.45, 2.75) is 23.7 Å². The number of aryl methyl sites for hydroxylation is 1. The van der Waals surface area contributed by atoms with Gasteiger partial charge in [0, 0.05) is 25.4 Å². The first-order valence-electron chi connectivity index (χ1n) is 7.91. The lowest BCUT2D eigenvalue weighted by atomic mass is 9.99. The minimum Gasteiger partial charge on any atom is -0.383 e. The Balaban J connectivity index is 2.54. The lowest BCUT2D eigenvalue weighted by molar-refractivity contribution is -0.0436. The number of nitrogens with one attached hydrogen (secondary N) is 1. The Kier molecular flexibility index (Phi) is 6.26. The molecule has 1 heterocycles. The molecule has 0 saturated heterocycles. The van der Waals surface area contributed by atoms with Crippen molar-refractivity contribution in [3.05, 3.63) is 30.0 Å². The first-order chi connectivity index (χ1) is 12.6. The fourth-order valence-corrected chi connectivity index (χ4v) is 3.24. The normalized spacial score (nSPS) is 12.2. The van der Waals surface area contributed by atoms with Gasteiger partial charge < -0.3 is 15.8 Å². The van der Waals surface area contributed by atoms with E-state index in [-0.39, 0.29) is 5.95 Å². The van der Waals surface area contributed by atoms with E-state index in [0.29, 0.717) is 42.1 Å². The van der Waals surface area contributed by atoms with Crippen molar-refractivity contribution in [3.8, 4) is 11.1 Å². The molecule has 0 aliphatic rings. The van der Waals surface area contributed by atoms with E-state index >= 15 is 0 Å². The number of rotatable bonds is 7. The molecule has 2 aromatic rings. The SMILES string of the molecule is CCc1cc(S(=O)(=O)C(F)(F)F)ccc1-c1cnc(N)nc1NCCOC. The number of alkyl halides is 3. The minimum absolute atomic E-state index is 0.0213. The third kappa shape index (κ3) is 4.48. The molecular formula is C16H19F3N4O3S. The van der Waals surface area contributed by atoms with Crippen LogP contribution in [-0.2, 0) is 21.0 Å². The van der Waals surface area contributed by atoms with Crippen LogP contribution in [0.25, 0.3) is 11.1 Å². The molecule has 0 fully saturated rings. The summed E-state index contributed by atoms with van der Waals surface area (Å²) in [5, 5.41) is 3.02. The maximum atomic E-state index is 12.8. The smallest absolute Gasteiger partial charge is 0.383 e. The van der Waals surface area contributed by atoms with E-state index in [2.05, 4.69) is 15.3 Å². The summed E-state index contributed by atoms with van der Waals surface area (Å²) in [5.41, 5.74) is 1.66. The number of nitrogens with zero attached hydrogens (tertiary/aromatic N) is 2. The van der Waals surface area contributed by atoms with Crippen LogP contribution in [0, 0.1) is 0 Å². The summed E-state index contributed by atoms with van der Waals surface area (Å²) in [6.07, 6.45) is 1.74. The van der Waals surface area contributed by atoms with Gasteiger partial charge in [0.25, 0.3) is 9.84 Å². The first-order valence-corrected chi connectivity index (χ1v) is 9.40. The van der Waals surface area contributed by atoms with Crippen LogP contribution in [0.3, 0.4) is 0 Å². The lowest BCUT2D eigenvalue weighted by Crippen LogP contribution is -2.23. The second kappa shape index (κ2) is 8.09. The highest BCUT2D eigenvalue weighted by atomic mass is 32.2. The van der Waals surface area contributed by atoms with Crippen LogP contribution in [0.5, 0.6) is 0 Å². The van der Waals surface area contributed by atoms with E-state index in [1.54, 1.807) is 6.92 Å². The van der Waals surface area contributed by atoms with Crippen LogP contribution in [0.1, 0.15) is 12.5 Å². The fraction of sp³-hybridized carbons (Fsp3) is 0.375. The van der Waals surface area contributed by atoms with Crippen LogP contribution in [0.2, 0.25) is 0 Å². The topological polar surface area (TPSA) is 107 Å². The molecule has 0 unspecified atom stereocenters. The van der Waals surface area contributed by atoms with Crippen LogP contribution in [0.15, 0.2) is 29.3 Å². The summed E-state index contributed by atoms with van der Waals surface area (Å²) in [4.78, 5) is 7.23. The molecule has 3 N–H and O–H groups in total. The number of anilines is 2. The Bertz CT molecular complexity index is 918. The molecule has 1 aromatic heterocycles. The van der Waals surface area contributed by atoms with Gasteiger partial charge >= 0.3 is 5.51 Å². The van der Waals surface area contributed by atoms with Crippen LogP contribution in [0.4, 0.5) is 24.9 Å². The molecule has 0 aliphatic carbocycles. The Morgan fingerprint density at radius 3 is 2.56 bits per heavy atom. The number of hydrogen-bond donors (Lipinski definition) is 2. The van der Waals surface area contributed by atoms with Gasteiger partial charge in [-0.05, 0) is 29.7 Å². The van der Waals surface area contributed by atoms with Crippen molar-refractivity contribution in [1.82, 2.24) is 9.97 Å². The van der Waals surface area contributed by atoms with E-state index < -0.39 is 20.2 Å². The van der Waals surface area contributed by atoms with Crippen LogP contribution >= 0.6 is 0 Å². The number of nitrogens with two attached hydrogens (primary N) is 1. The molecule has 148 valence electrons. The largest absolute Gasteiger partial charge is 0.501 e. The Hall–Kier alpha value is -2.40. The molecule has 0 spiro atoms. The zero-order valence-electron chi connectivity index (χ0n) is 14.7. The summed E-state index contributed by atoms with van der Waals surface area (Å²) in [7, 11) is -3.89. The van der Waals surface area contributed by atoms with Crippen molar-refractivity contribution in [1.29, 1.82) is 0 Å². The highest BCUT2D eigenvalue weighted by Crippen LogP contribution is 2.35. The Labute approximate surface area is 154 Å². The molecule has 2 rings (SSSR count). The highest BCUT2D eigenvalue weighted by molar-refractivity contribution is 7.92. The van der Waals surface area contributed by atoms with E-state index in [1.807, 2.05) is 0 Å². The van der Waals surface area contributed by atoms with E-state index in [0.717, 1.165) is 12.1 Å². The fourth-order valence-electron chi connectivity index (χ4n) is 2.42. The summed E-state index contributed by atoms with van der Waals surface area (Å²) < 4.78 is 66.7. The van der Waals surface area contributed by atoms with Gasteiger partial charge in [-0.2, -0.15) is 18.2 Å². The molecule has 0 bridgehead atoms. The van der Waals surface area contributed by atoms with Crippen molar-refractivity contribution in [2.75, 3.05) is 31.3 Å². The molecule has 0 aliphatic heterocycles.